The van der Waals surface area contributed by atoms with Crippen LogP contribution in [0.1, 0.15) is 57.8 Å². The lowest BCUT2D eigenvalue weighted by molar-refractivity contribution is -0.137. The van der Waals surface area contributed by atoms with Gasteiger partial charge in [-0.3, -0.25) is 19.7 Å². The van der Waals surface area contributed by atoms with E-state index >= 15 is 0 Å². The molecular formula is C15H26ClN3O3. The van der Waals surface area contributed by atoms with Crippen LogP contribution in [0.4, 0.5) is 0 Å². The number of halogens is 1. The zero-order valence-electron chi connectivity index (χ0n) is 12.8. The monoisotopic (exact) mass is 331 g/mol. The number of nitrogens with one attached hydrogen (secondary N) is 2. The van der Waals surface area contributed by atoms with Crippen molar-refractivity contribution < 1.29 is 14.4 Å². The lowest BCUT2D eigenvalue weighted by Gasteiger charge is -2.25. The second kappa shape index (κ2) is 9.10. The predicted molar refractivity (Wildman–Crippen MR) is 85.3 cm³/mol. The molecule has 0 bridgehead atoms. The van der Waals surface area contributed by atoms with Gasteiger partial charge in [0.15, 0.2) is 0 Å². The van der Waals surface area contributed by atoms with E-state index in [-0.39, 0.29) is 30.6 Å². The maximum atomic E-state index is 12.0. The Hall–Kier alpha value is -1.14. The molecule has 1 saturated heterocycles. The summed E-state index contributed by atoms with van der Waals surface area (Å²) in [5.41, 5.74) is 5.91. The maximum absolute atomic E-state index is 12.0. The van der Waals surface area contributed by atoms with E-state index in [9.17, 15) is 14.4 Å². The van der Waals surface area contributed by atoms with Gasteiger partial charge in [-0.25, -0.2) is 0 Å². The topological polar surface area (TPSA) is 101 Å². The van der Waals surface area contributed by atoms with Gasteiger partial charge in [0, 0.05) is 6.42 Å². The third-order valence-electron chi connectivity index (χ3n) is 4.50. The highest BCUT2D eigenvalue weighted by Crippen LogP contribution is 2.27. The van der Waals surface area contributed by atoms with Gasteiger partial charge >= 0.3 is 0 Å². The minimum atomic E-state index is -0.629. The highest BCUT2D eigenvalue weighted by Gasteiger charge is 2.29. The summed E-state index contributed by atoms with van der Waals surface area (Å²) in [5.74, 6) is -0.320. The van der Waals surface area contributed by atoms with Crippen LogP contribution in [0.5, 0.6) is 0 Å². The van der Waals surface area contributed by atoms with E-state index in [1.807, 2.05) is 0 Å². The molecule has 1 unspecified atom stereocenters. The van der Waals surface area contributed by atoms with Crippen LogP contribution in [0.3, 0.4) is 0 Å². The van der Waals surface area contributed by atoms with Crippen LogP contribution in [0.2, 0.25) is 0 Å². The molecule has 6 nitrogen and oxygen atoms in total. The summed E-state index contributed by atoms with van der Waals surface area (Å²) in [4.78, 5) is 34.6. The summed E-state index contributed by atoms with van der Waals surface area (Å²) in [5, 5.41) is 4.87. The summed E-state index contributed by atoms with van der Waals surface area (Å²) in [6, 6.07) is -1.20. The third kappa shape index (κ3) is 5.57. The Balaban J connectivity index is 0.00000242. The molecule has 2 aliphatic rings. The number of carbonyl (C=O) groups excluding carboxylic acids is 3. The Morgan fingerprint density at radius 2 is 1.91 bits per heavy atom. The Morgan fingerprint density at radius 3 is 2.55 bits per heavy atom. The van der Waals surface area contributed by atoms with E-state index in [2.05, 4.69) is 10.6 Å². The van der Waals surface area contributed by atoms with Crippen LogP contribution < -0.4 is 16.4 Å². The van der Waals surface area contributed by atoms with Crippen LogP contribution in [0.15, 0.2) is 0 Å². The summed E-state index contributed by atoms with van der Waals surface area (Å²) < 4.78 is 0. The van der Waals surface area contributed by atoms with E-state index in [0.717, 1.165) is 6.42 Å². The fraction of sp³-hybridized carbons (Fsp3) is 0.800. The van der Waals surface area contributed by atoms with Gasteiger partial charge in [-0.15, -0.1) is 12.4 Å². The van der Waals surface area contributed by atoms with Gasteiger partial charge in [0.2, 0.25) is 17.7 Å². The molecule has 7 heteroatoms. The molecule has 1 aliphatic carbocycles. The first kappa shape index (κ1) is 18.9. The number of carbonyl (C=O) groups is 3. The lowest BCUT2D eigenvalue weighted by atomic mass is 9.85. The number of hydrogen-bond donors (Lipinski definition) is 3. The first-order chi connectivity index (χ1) is 10.1. The molecule has 22 heavy (non-hydrogen) atoms. The van der Waals surface area contributed by atoms with Crippen molar-refractivity contribution >= 4 is 30.1 Å². The van der Waals surface area contributed by atoms with Crippen LogP contribution >= 0.6 is 12.4 Å². The molecule has 0 spiro atoms. The molecule has 0 radical (unpaired) electrons. The predicted octanol–water partition coefficient (Wildman–Crippen LogP) is 1.02. The highest BCUT2D eigenvalue weighted by atomic mass is 35.5. The van der Waals surface area contributed by atoms with Crippen molar-refractivity contribution in [2.24, 2.45) is 11.7 Å². The Labute approximate surface area is 137 Å². The van der Waals surface area contributed by atoms with Crippen LogP contribution in [0, 0.1) is 5.92 Å². The third-order valence-corrected chi connectivity index (χ3v) is 4.50. The van der Waals surface area contributed by atoms with Crippen molar-refractivity contribution in [1.29, 1.82) is 0 Å². The molecule has 0 aromatic carbocycles. The molecule has 0 aromatic rings. The minimum Gasteiger partial charge on any atom is -0.343 e. The smallest absolute Gasteiger partial charge is 0.249 e. The van der Waals surface area contributed by atoms with E-state index < -0.39 is 18.0 Å². The maximum Gasteiger partial charge on any atom is 0.249 e. The zero-order valence-corrected chi connectivity index (χ0v) is 13.6. The first-order valence-electron chi connectivity index (χ1n) is 7.96. The average Bonchev–Trinajstić information content (AvgIpc) is 2.48. The second-order valence-corrected chi connectivity index (χ2v) is 6.20. The largest absolute Gasteiger partial charge is 0.343 e. The average molecular weight is 332 g/mol. The Bertz CT molecular complexity index is 411. The van der Waals surface area contributed by atoms with Gasteiger partial charge < -0.3 is 11.1 Å². The van der Waals surface area contributed by atoms with E-state index in [0.29, 0.717) is 18.8 Å². The van der Waals surface area contributed by atoms with Gasteiger partial charge in [-0.05, 0) is 25.2 Å². The number of hydrogen-bond acceptors (Lipinski definition) is 4. The van der Waals surface area contributed by atoms with Crippen molar-refractivity contribution in [3.63, 3.8) is 0 Å². The quantitative estimate of drug-likeness (QED) is 0.654. The SMILES string of the molecule is Cl.N[C@@H](CCC1CCCCC1)C(=O)NC1CCC(=O)NC1=O. The normalized spacial score (nSPS) is 24.1. The van der Waals surface area contributed by atoms with Crippen LogP contribution in [-0.4, -0.2) is 29.8 Å². The lowest BCUT2D eigenvalue weighted by Crippen LogP contribution is -2.55. The second-order valence-electron chi connectivity index (χ2n) is 6.20. The van der Waals surface area contributed by atoms with Crippen molar-refractivity contribution in [1.82, 2.24) is 10.6 Å². The van der Waals surface area contributed by atoms with Crippen molar-refractivity contribution in [3.8, 4) is 0 Å². The van der Waals surface area contributed by atoms with E-state index in [1.165, 1.54) is 32.1 Å². The Morgan fingerprint density at radius 1 is 1.23 bits per heavy atom. The van der Waals surface area contributed by atoms with E-state index in [4.69, 9.17) is 5.73 Å². The fourth-order valence-corrected chi connectivity index (χ4v) is 3.13. The summed E-state index contributed by atoms with van der Waals surface area (Å²) in [7, 11) is 0. The molecule has 1 saturated carbocycles. The minimum absolute atomic E-state index is 0. The van der Waals surface area contributed by atoms with Gasteiger partial charge in [0.1, 0.15) is 6.04 Å². The standard InChI is InChI=1S/C15H25N3O3.ClH/c16-11(7-6-10-4-2-1-3-5-10)14(20)17-12-8-9-13(19)18-15(12)21;/h10-12H,1-9,16H2,(H,17,20)(H,18,19,21);1H/t11-,12?;/m0./s1. The van der Waals surface area contributed by atoms with Crippen molar-refractivity contribution in [3.05, 3.63) is 0 Å². The highest BCUT2D eigenvalue weighted by molar-refractivity contribution is 6.01. The fourth-order valence-electron chi connectivity index (χ4n) is 3.13. The van der Waals surface area contributed by atoms with Crippen molar-refractivity contribution in [2.75, 3.05) is 0 Å². The van der Waals surface area contributed by atoms with Gasteiger partial charge in [0.25, 0.3) is 0 Å². The number of rotatable bonds is 5. The number of nitrogens with two attached hydrogens (primary N) is 1. The van der Waals surface area contributed by atoms with Gasteiger partial charge in [-0.2, -0.15) is 0 Å². The van der Waals surface area contributed by atoms with Crippen LogP contribution in [0.25, 0.3) is 0 Å². The summed E-state index contributed by atoms with van der Waals surface area (Å²) in [6.45, 7) is 0. The van der Waals surface area contributed by atoms with Gasteiger partial charge in [-0.1, -0.05) is 32.1 Å². The van der Waals surface area contributed by atoms with Crippen LogP contribution in [-0.2, 0) is 14.4 Å². The molecule has 1 heterocycles. The molecule has 2 atom stereocenters. The molecular weight excluding hydrogens is 306 g/mol. The zero-order chi connectivity index (χ0) is 15.2. The molecule has 4 N–H and O–H groups in total. The molecule has 0 aromatic heterocycles. The molecule has 2 rings (SSSR count). The summed E-state index contributed by atoms with van der Waals surface area (Å²) >= 11 is 0. The molecule has 3 amide bonds. The first-order valence-corrected chi connectivity index (χ1v) is 7.96. The summed E-state index contributed by atoms with van der Waals surface area (Å²) in [6.07, 6.45) is 8.60. The van der Waals surface area contributed by atoms with Crippen molar-refractivity contribution in [2.45, 2.75) is 69.9 Å². The molecule has 126 valence electrons. The van der Waals surface area contributed by atoms with E-state index in [1.54, 1.807) is 0 Å². The Kier molecular flexibility index (Phi) is 7.82. The number of imide groups is 1. The molecule has 2 fully saturated rings. The molecule has 1 aliphatic heterocycles. The number of piperidine rings is 1. The number of amides is 3. The van der Waals surface area contributed by atoms with Gasteiger partial charge in [0.05, 0.1) is 6.04 Å².